The van der Waals surface area contributed by atoms with Crippen LogP contribution in [0.2, 0.25) is 0 Å². The van der Waals surface area contributed by atoms with E-state index in [0.29, 0.717) is 30.6 Å². The number of aromatic nitrogens is 2. The molecular weight excluding hydrogens is 218 g/mol. The van der Waals surface area contributed by atoms with Crippen LogP contribution in [-0.4, -0.2) is 16.6 Å². The van der Waals surface area contributed by atoms with Crippen molar-refractivity contribution >= 4 is 5.82 Å². The Bertz CT molecular complexity index is 563. The van der Waals surface area contributed by atoms with Crippen LogP contribution in [0, 0.1) is 6.92 Å². The molecule has 3 rings (SSSR count). The lowest BCUT2D eigenvalue weighted by Gasteiger charge is -2.17. The molecule has 2 aromatic rings. The molecule has 5 nitrogen and oxygen atoms in total. The lowest BCUT2D eigenvalue weighted by Crippen LogP contribution is -2.16. The van der Waals surface area contributed by atoms with Gasteiger partial charge in [0.2, 0.25) is 0 Å². The summed E-state index contributed by atoms with van der Waals surface area (Å²) in [5.74, 6) is 2.53. The topological polar surface area (TPSA) is 74.2 Å². The summed E-state index contributed by atoms with van der Waals surface area (Å²) in [5, 5.41) is 0. The molecule has 88 valence electrons. The fourth-order valence-corrected chi connectivity index (χ4v) is 1.92. The monoisotopic (exact) mass is 231 g/mol. The molecule has 0 aromatic carbocycles. The van der Waals surface area contributed by atoms with Crippen LogP contribution in [0.3, 0.4) is 0 Å². The van der Waals surface area contributed by atoms with Gasteiger partial charge in [0.05, 0.1) is 18.9 Å². The summed E-state index contributed by atoms with van der Waals surface area (Å²) in [6, 6.07) is 3.74. The van der Waals surface area contributed by atoms with Crippen LogP contribution in [0.15, 0.2) is 16.5 Å². The van der Waals surface area contributed by atoms with E-state index in [0.717, 1.165) is 23.4 Å². The van der Waals surface area contributed by atoms with Crippen molar-refractivity contribution in [2.24, 2.45) is 0 Å². The molecule has 17 heavy (non-hydrogen) atoms. The molecule has 0 bridgehead atoms. The van der Waals surface area contributed by atoms with E-state index in [1.54, 1.807) is 0 Å². The number of ether oxygens (including phenoxy) is 1. The molecule has 0 atom stereocenters. The van der Waals surface area contributed by atoms with E-state index in [-0.39, 0.29) is 0 Å². The van der Waals surface area contributed by atoms with Crippen molar-refractivity contribution in [2.45, 2.75) is 20.0 Å². The Morgan fingerprint density at radius 2 is 2.18 bits per heavy atom. The van der Waals surface area contributed by atoms with E-state index >= 15 is 0 Å². The highest BCUT2D eigenvalue weighted by atomic mass is 16.5. The molecule has 2 N–H and O–H groups in total. The molecule has 0 spiro atoms. The van der Waals surface area contributed by atoms with Crippen LogP contribution in [-0.2, 0) is 17.8 Å². The number of furan rings is 1. The largest absolute Gasteiger partial charge is 0.458 e. The lowest BCUT2D eigenvalue weighted by atomic mass is 10.1. The molecule has 1 aliphatic heterocycles. The number of hydrogen-bond donors (Lipinski definition) is 1. The summed E-state index contributed by atoms with van der Waals surface area (Å²) in [4.78, 5) is 8.76. The number of aryl methyl sites for hydroxylation is 1. The molecule has 3 heterocycles. The first-order valence-electron chi connectivity index (χ1n) is 5.54. The Morgan fingerprint density at radius 3 is 2.94 bits per heavy atom. The molecule has 0 aliphatic carbocycles. The average Bonchev–Trinajstić information content (AvgIpc) is 2.76. The van der Waals surface area contributed by atoms with Crippen molar-refractivity contribution in [3.05, 3.63) is 29.2 Å². The van der Waals surface area contributed by atoms with Gasteiger partial charge in [-0.05, 0) is 19.1 Å². The molecular formula is C12H13N3O2. The smallest absolute Gasteiger partial charge is 0.197 e. The summed E-state index contributed by atoms with van der Waals surface area (Å²) in [6.07, 6.45) is 0.773. The molecule has 0 unspecified atom stereocenters. The molecule has 0 saturated heterocycles. The van der Waals surface area contributed by atoms with Gasteiger partial charge in [0, 0.05) is 12.0 Å². The van der Waals surface area contributed by atoms with Crippen LogP contribution >= 0.6 is 0 Å². The van der Waals surface area contributed by atoms with Gasteiger partial charge < -0.3 is 14.9 Å². The normalized spacial score (nSPS) is 14.6. The highest BCUT2D eigenvalue weighted by Gasteiger charge is 2.18. The van der Waals surface area contributed by atoms with Gasteiger partial charge in [0.1, 0.15) is 11.6 Å². The van der Waals surface area contributed by atoms with Crippen molar-refractivity contribution in [3.8, 4) is 11.6 Å². The maximum absolute atomic E-state index is 5.91. The van der Waals surface area contributed by atoms with Gasteiger partial charge >= 0.3 is 0 Å². The first-order valence-corrected chi connectivity index (χ1v) is 5.54. The van der Waals surface area contributed by atoms with Gasteiger partial charge in [-0.25, -0.2) is 9.97 Å². The third-order valence-electron chi connectivity index (χ3n) is 2.82. The van der Waals surface area contributed by atoms with E-state index < -0.39 is 0 Å². The van der Waals surface area contributed by atoms with Gasteiger partial charge in [0.25, 0.3) is 0 Å². The SMILES string of the molecule is Cc1ccc(-c2nc(N)c3c(n2)CCOC3)o1. The number of fused-ring (bicyclic) bond motifs is 1. The predicted molar refractivity (Wildman–Crippen MR) is 62.2 cm³/mol. The maximum Gasteiger partial charge on any atom is 0.197 e. The van der Waals surface area contributed by atoms with E-state index in [1.165, 1.54) is 0 Å². The molecule has 2 aromatic heterocycles. The van der Waals surface area contributed by atoms with Crippen LogP contribution in [0.4, 0.5) is 5.82 Å². The number of hydrogen-bond acceptors (Lipinski definition) is 5. The van der Waals surface area contributed by atoms with Gasteiger partial charge in [-0.3, -0.25) is 0 Å². The third-order valence-corrected chi connectivity index (χ3v) is 2.82. The fraction of sp³-hybridized carbons (Fsp3) is 0.333. The minimum absolute atomic E-state index is 0.485. The number of nitrogen functional groups attached to an aromatic ring is 1. The third kappa shape index (κ3) is 1.78. The summed E-state index contributed by atoms with van der Waals surface area (Å²) < 4.78 is 10.8. The van der Waals surface area contributed by atoms with Crippen molar-refractivity contribution < 1.29 is 9.15 Å². The second-order valence-corrected chi connectivity index (χ2v) is 4.07. The molecule has 0 fully saturated rings. The molecule has 0 radical (unpaired) electrons. The fourth-order valence-electron chi connectivity index (χ4n) is 1.92. The summed E-state index contributed by atoms with van der Waals surface area (Å²) in [5.41, 5.74) is 7.78. The quantitative estimate of drug-likeness (QED) is 0.808. The zero-order chi connectivity index (χ0) is 11.8. The first-order chi connectivity index (χ1) is 8.24. The summed E-state index contributed by atoms with van der Waals surface area (Å²) >= 11 is 0. The number of nitrogens with zero attached hydrogens (tertiary/aromatic N) is 2. The summed E-state index contributed by atoms with van der Waals surface area (Å²) in [6.45, 7) is 3.07. The van der Waals surface area contributed by atoms with E-state index in [9.17, 15) is 0 Å². The summed E-state index contributed by atoms with van der Waals surface area (Å²) in [7, 11) is 0. The maximum atomic E-state index is 5.91. The average molecular weight is 231 g/mol. The molecule has 0 amide bonds. The Labute approximate surface area is 98.6 Å². The second kappa shape index (κ2) is 3.85. The number of anilines is 1. The minimum Gasteiger partial charge on any atom is -0.458 e. The Balaban J connectivity index is 2.10. The molecule has 0 saturated carbocycles. The predicted octanol–water partition coefficient (Wildman–Crippen LogP) is 1.70. The van der Waals surface area contributed by atoms with Gasteiger partial charge in [-0.1, -0.05) is 0 Å². The van der Waals surface area contributed by atoms with E-state index in [2.05, 4.69) is 9.97 Å². The Morgan fingerprint density at radius 1 is 1.29 bits per heavy atom. The van der Waals surface area contributed by atoms with Crippen molar-refractivity contribution in [2.75, 3.05) is 12.3 Å². The van der Waals surface area contributed by atoms with Gasteiger partial charge in [-0.15, -0.1) is 0 Å². The van der Waals surface area contributed by atoms with Crippen molar-refractivity contribution in [3.63, 3.8) is 0 Å². The zero-order valence-electron chi connectivity index (χ0n) is 9.56. The molecule has 5 heteroatoms. The lowest BCUT2D eigenvalue weighted by molar-refractivity contribution is 0.109. The Kier molecular flexibility index (Phi) is 2.33. The number of rotatable bonds is 1. The number of nitrogens with two attached hydrogens (primary N) is 1. The second-order valence-electron chi connectivity index (χ2n) is 4.07. The standard InChI is InChI=1S/C12H13N3O2/c1-7-2-3-10(17-7)12-14-9-4-5-16-6-8(9)11(13)15-12/h2-3H,4-6H2,1H3,(H2,13,14,15). The van der Waals surface area contributed by atoms with Crippen LogP contribution in [0.5, 0.6) is 0 Å². The highest BCUT2D eigenvalue weighted by Crippen LogP contribution is 2.25. The van der Waals surface area contributed by atoms with E-state index in [4.69, 9.17) is 14.9 Å². The van der Waals surface area contributed by atoms with Crippen molar-refractivity contribution in [1.29, 1.82) is 0 Å². The minimum atomic E-state index is 0.485. The van der Waals surface area contributed by atoms with Crippen LogP contribution < -0.4 is 5.73 Å². The van der Waals surface area contributed by atoms with Crippen LogP contribution in [0.1, 0.15) is 17.0 Å². The molecule has 1 aliphatic rings. The van der Waals surface area contributed by atoms with Gasteiger partial charge in [0.15, 0.2) is 11.6 Å². The zero-order valence-corrected chi connectivity index (χ0v) is 9.56. The van der Waals surface area contributed by atoms with Crippen molar-refractivity contribution in [1.82, 2.24) is 9.97 Å². The highest BCUT2D eigenvalue weighted by molar-refractivity contribution is 5.54. The van der Waals surface area contributed by atoms with Gasteiger partial charge in [-0.2, -0.15) is 0 Å². The Hall–Kier alpha value is -1.88. The first kappa shape index (κ1) is 10.3. The van der Waals surface area contributed by atoms with Crippen LogP contribution in [0.25, 0.3) is 11.6 Å². The van der Waals surface area contributed by atoms with E-state index in [1.807, 2.05) is 19.1 Å².